The lowest BCUT2D eigenvalue weighted by atomic mass is 10.2. The topological polar surface area (TPSA) is 43.3 Å². The van der Waals surface area contributed by atoms with Crippen molar-refractivity contribution in [3.63, 3.8) is 0 Å². The summed E-state index contributed by atoms with van der Waals surface area (Å²) in [5.41, 5.74) is 1.55. The Morgan fingerprint density at radius 2 is 2.14 bits per heavy atom. The maximum atomic E-state index is 13.4. The molecule has 1 aromatic carbocycles. The molecule has 0 atom stereocenters. The molecule has 0 spiro atoms. The van der Waals surface area contributed by atoms with Crippen LogP contribution in [0.1, 0.15) is 5.56 Å². The van der Waals surface area contributed by atoms with Crippen LogP contribution in [-0.4, -0.2) is 18.3 Å². The van der Waals surface area contributed by atoms with Gasteiger partial charge in [0.2, 0.25) is 0 Å². The Hall–Kier alpha value is -1.66. The molecular weight excluding hydrogens is 339 g/mol. The summed E-state index contributed by atoms with van der Waals surface area (Å²) >= 11 is 3.12. The summed E-state index contributed by atoms with van der Waals surface area (Å²) in [7, 11) is 1.59. The van der Waals surface area contributed by atoms with Crippen LogP contribution < -0.4 is 10.9 Å². The number of halogens is 2. The van der Waals surface area contributed by atoms with E-state index in [1.165, 1.54) is 12.1 Å². The van der Waals surface area contributed by atoms with Gasteiger partial charge in [0.05, 0.1) is 16.8 Å². The smallest absolute Gasteiger partial charge is 0.250 e. The molecule has 0 aliphatic heterocycles. The number of aromatic nitrogens is 1. The molecule has 0 saturated carbocycles. The number of nitrogens with one attached hydrogen (secondary N) is 1. The SMILES string of the molecule is COCCn1cc(NCc2ccc(Br)c(F)c2)ccc1=O. The number of pyridine rings is 1. The van der Waals surface area contributed by atoms with Crippen molar-refractivity contribution in [2.24, 2.45) is 0 Å². The van der Waals surface area contributed by atoms with Gasteiger partial charge in [-0.05, 0) is 39.7 Å². The van der Waals surface area contributed by atoms with Crippen molar-refractivity contribution in [2.45, 2.75) is 13.1 Å². The molecule has 0 saturated heterocycles. The van der Waals surface area contributed by atoms with E-state index in [1.807, 2.05) is 6.07 Å². The number of hydrogen-bond acceptors (Lipinski definition) is 3. The molecule has 112 valence electrons. The summed E-state index contributed by atoms with van der Waals surface area (Å²) in [5, 5.41) is 3.17. The van der Waals surface area contributed by atoms with Gasteiger partial charge in [-0.2, -0.15) is 0 Å². The molecule has 2 rings (SSSR count). The Labute approximate surface area is 130 Å². The van der Waals surface area contributed by atoms with E-state index in [9.17, 15) is 9.18 Å². The van der Waals surface area contributed by atoms with Crippen LogP contribution in [0.2, 0.25) is 0 Å². The molecule has 2 aromatic rings. The van der Waals surface area contributed by atoms with E-state index < -0.39 is 0 Å². The summed E-state index contributed by atoms with van der Waals surface area (Å²) in [6.45, 7) is 1.45. The third-order valence-corrected chi connectivity index (χ3v) is 3.64. The van der Waals surface area contributed by atoms with Crippen LogP contribution in [-0.2, 0) is 17.8 Å². The average Bonchev–Trinajstić information content (AvgIpc) is 2.48. The van der Waals surface area contributed by atoms with E-state index in [2.05, 4.69) is 21.2 Å². The van der Waals surface area contributed by atoms with Gasteiger partial charge >= 0.3 is 0 Å². The first-order valence-electron chi connectivity index (χ1n) is 6.47. The number of benzene rings is 1. The Kier molecular flexibility index (Phi) is 5.52. The second-order valence-electron chi connectivity index (χ2n) is 4.54. The van der Waals surface area contributed by atoms with Crippen LogP contribution in [0.25, 0.3) is 0 Å². The fourth-order valence-electron chi connectivity index (χ4n) is 1.85. The largest absolute Gasteiger partial charge is 0.383 e. The van der Waals surface area contributed by atoms with E-state index in [0.717, 1.165) is 11.3 Å². The first-order valence-corrected chi connectivity index (χ1v) is 7.26. The van der Waals surface area contributed by atoms with E-state index in [0.29, 0.717) is 24.2 Å². The minimum absolute atomic E-state index is 0.0766. The summed E-state index contributed by atoms with van der Waals surface area (Å²) in [5.74, 6) is -0.292. The zero-order valence-corrected chi connectivity index (χ0v) is 13.2. The molecule has 0 amide bonds. The molecule has 0 unspecified atom stereocenters. The quantitative estimate of drug-likeness (QED) is 0.866. The van der Waals surface area contributed by atoms with Gasteiger partial charge in [-0.1, -0.05) is 6.07 Å². The predicted molar refractivity (Wildman–Crippen MR) is 84.0 cm³/mol. The molecule has 0 radical (unpaired) electrons. The third kappa shape index (κ3) is 4.41. The lowest BCUT2D eigenvalue weighted by Gasteiger charge is -2.10. The maximum Gasteiger partial charge on any atom is 0.250 e. The highest BCUT2D eigenvalue weighted by Crippen LogP contribution is 2.17. The Bertz CT molecular complexity index is 673. The Morgan fingerprint density at radius 3 is 2.86 bits per heavy atom. The second kappa shape index (κ2) is 7.38. The zero-order chi connectivity index (χ0) is 15.2. The van der Waals surface area contributed by atoms with E-state index in [-0.39, 0.29) is 11.4 Å². The summed E-state index contributed by atoms with van der Waals surface area (Å²) in [4.78, 5) is 11.7. The highest BCUT2D eigenvalue weighted by atomic mass is 79.9. The molecule has 1 aromatic heterocycles. The maximum absolute atomic E-state index is 13.4. The van der Waals surface area contributed by atoms with Crippen LogP contribution in [0, 0.1) is 5.82 Å². The van der Waals surface area contributed by atoms with Crippen molar-refractivity contribution in [1.29, 1.82) is 0 Å². The first kappa shape index (κ1) is 15.7. The van der Waals surface area contributed by atoms with Crippen LogP contribution in [0.5, 0.6) is 0 Å². The lowest BCUT2D eigenvalue weighted by Crippen LogP contribution is -2.21. The van der Waals surface area contributed by atoms with Crippen molar-refractivity contribution in [1.82, 2.24) is 4.57 Å². The lowest BCUT2D eigenvalue weighted by molar-refractivity contribution is 0.186. The zero-order valence-electron chi connectivity index (χ0n) is 11.6. The molecule has 6 heteroatoms. The molecule has 0 aliphatic rings. The van der Waals surface area contributed by atoms with Crippen molar-refractivity contribution < 1.29 is 9.13 Å². The minimum atomic E-state index is -0.292. The van der Waals surface area contributed by atoms with Gasteiger partial charge in [0.1, 0.15) is 5.82 Å². The fraction of sp³-hybridized carbons (Fsp3) is 0.267. The molecule has 21 heavy (non-hydrogen) atoms. The summed E-state index contributed by atoms with van der Waals surface area (Å²) < 4.78 is 20.4. The van der Waals surface area contributed by atoms with Gasteiger partial charge in [0.15, 0.2) is 0 Å². The van der Waals surface area contributed by atoms with Crippen molar-refractivity contribution in [3.05, 3.63) is 62.7 Å². The fourth-order valence-corrected chi connectivity index (χ4v) is 2.10. The Morgan fingerprint density at radius 1 is 1.33 bits per heavy atom. The molecule has 0 fully saturated rings. The van der Waals surface area contributed by atoms with Gasteiger partial charge < -0.3 is 14.6 Å². The number of rotatable bonds is 6. The standard InChI is InChI=1S/C15H16BrFN2O2/c1-21-7-6-19-10-12(3-5-15(19)20)18-9-11-2-4-13(16)14(17)8-11/h2-5,8,10,18H,6-7,9H2,1H3. The van der Waals surface area contributed by atoms with Crippen LogP contribution in [0.15, 0.2) is 45.8 Å². The van der Waals surface area contributed by atoms with Crippen LogP contribution >= 0.6 is 15.9 Å². The summed E-state index contributed by atoms with van der Waals surface area (Å²) in [6, 6.07) is 8.19. The van der Waals surface area contributed by atoms with Gasteiger partial charge in [0, 0.05) is 32.5 Å². The Balaban J connectivity index is 2.05. The molecule has 1 N–H and O–H groups in total. The highest BCUT2D eigenvalue weighted by molar-refractivity contribution is 9.10. The van der Waals surface area contributed by atoms with E-state index >= 15 is 0 Å². The molecule has 0 bridgehead atoms. The normalized spacial score (nSPS) is 10.6. The second-order valence-corrected chi connectivity index (χ2v) is 5.40. The molecule has 1 heterocycles. The predicted octanol–water partition coefficient (Wildman–Crippen LogP) is 3.01. The first-order chi connectivity index (χ1) is 10.1. The van der Waals surface area contributed by atoms with Crippen molar-refractivity contribution in [2.75, 3.05) is 19.0 Å². The van der Waals surface area contributed by atoms with Crippen LogP contribution in [0.4, 0.5) is 10.1 Å². The number of ether oxygens (including phenoxy) is 1. The highest BCUT2D eigenvalue weighted by Gasteiger charge is 2.02. The molecule has 4 nitrogen and oxygen atoms in total. The van der Waals surface area contributed by atoms with Gasteiger partial charge in [-0.25, -0.2) is 4.39 Å². The summed E-state index contributed by atoms with van der Waals surface area (Å²) in [6.07, 6.45) is 1.73. The number of hydrogen-bond donors (Lipinski definition) is 1. The average molecular weight is 355 g/mol. The van der Waals surface area contributed by atoms with Crippen molar-refractivity contribution >= 4 is 21.6 Å². The van der Waals surface area contributed by atoms with E-state index in [1.54, 1.807) is 30.0 Å². The third-order valence-electron chi connectivity index (χ3n) is 3.00. The number of anilines is 1. The van der Waals surface area contributed by atoms with Gasteiger partial charge in [-0.15, -0.1) is 0 Å². The minimum Gasteiger partial charge on any atom is -0.383 e. The van der Waals surface area contributed by atoms with E-state index in [4.69, 9.17) is 4.74 Å². The van der Waals surface area contributed by atoms with Gasteiger partial charge in [-0.3, -0.25) is 4.79 Å². The molecular formula is C15H16BrFN2O2. The van der Waals surface area contributed by atoms with Gasteiger partial charge in [0.25, 0.3) is 5.56 Å². The molecule has 0 aliphatic carbocycles. The van der Waals surface area contributed by atoms with Crippen LogP contribution in [0.3, 0.4) is 0 Å². The number of methoxy groups -OCH3 is 1. The monoisotopic (exact) mass is 354 g/mol. The van der Waals surface area contributed by atoms with Crippen molar-refractivity contribution in [3.8, 4) is 0 Å². The number of nitrogens with zero attached hydrogens (tertiary/aromatic N) is 1.